The van der Waals surface area contributed by atoms with E-state index >= 15 is 0 Å². The summed E-state index contributed by atoms with van der Waals surface area (Å²) in [5.74, 6) is 0.00119. The van der Waals surface area contributed by atoms with Gasteiger partial charge in [0.25, 0.3) is 0 Å². The van der Waals surface area contributed by atoms with Crippen LogP contribution in [-0.2, 0) is 9.53 Å². The molecule has 0 spiro atoms. The van der Waals surface area contributed by atoms with Crippen molar-refractivity contribution >= 4 is 37.8 Å². The van der Waals surface area contributed by atoms with Gasteiger partial charge in [-0.2, -0.15) is 0 Å². The van der Waals surface area contributed by atoms with Crippen molar-refractivity contribution < 1.29 is 9.53 Å². The highest BCUT2D eigenvalue weighted by Crippen LogP contribution is 2.39. The molecular weight excluding hydrogens is 410 g/mol. The number of hydrogen-bond donors (Lipinski definition) is 0. The van der Waals surface area contributed by atoms with Crippen LogP contribution in [0, 0.1) is 0 Å². The lowest BCUT2D eigenvalue weighted by Crippen LogP contribution is -2.43. The Balaban J connectivity index is 2.00. The number of morpholine rings is 1. The Morgan fingerprint density at radius 3 is 2.00 bits per heavy atom. The van der Waals surface area contributed by atoms with Crippen LogP contribution < -0.4 is 0 Å². The Hall–Kier alpha value is -1.17. The van der Waals surface area contributed by atoms with Crippen LogP contribution in [0.3, 0.4) is 0 Å². The van der Waals surface area contributed by atoms with E-state index in [1.54, 1.807) is 4.90 Å². The molecule has 1 fully saturated rings. The Labute approximate surface area is 146 Å². The lowest BCUT2D eigenvalue weighted by atomic mass is 9.93. The van der Waals surface area contributed by atoms with Gasteiger partial charge >= 0.3 is 0 Å². The van der Waals surface area contributed by atoms with Crippen molar-refractivity contribution in [3.8, 4) is 0 Å². The molecule has 2 aromatic rings. The molecule has 3 rings (SSSR count). The summed E-state index contributed by atoms with van der Waals surface area (Å²) in [4.78, 5) is 13.8. The summed E-state index contributed by atoms with van der Waals surface area (Å²) < 4.78 is 7.91. The van der Waals surface area contributed by atoms with Gasteiger partial charge in [0.15, 0.2) is 0 Å². The van der Waals surface area contributed by atoms with Gasteiger partial charge in [0, 0.05) is 16.0 Å². The molecule has 0 radical (unpaired) electrons. The molecule has 0 N–H and O–H groups in total. The molecule has 1 amide bonds. The highest BCUT2D eigenvalue weighted by atomic mass is 79.9. The van der Waals surface area contributed by atoms with Crippen LogP contribution in [0.1, 0.15) is 23.3 Å². The number of rotatable bonds is 2. The molecule has 5 heteroatoms. The van der Waals surface area contributed by atoms with Crippen molar-refractivity contribution in [1.82, 2.24) is 4.90 Å². The van der Waals surface area contributed by atoms with Gasteiger partial charge < -0.3 is 9.64 Å². The number of amides is 1. The first-order valence-electron chi connectivity index (χ1n) is 6.94. The number of benzene rings is 2. The third-order valence-corrected chi connectivity index (χ3v) is 4.95. The van der Waals surface area contributed by atoms with Crippen molar-refractivity contribution in [2.75, 3.05) is 13.7 Å². The highest BCUT2D eigenvalue weighted by Gasteiger charge is 2.36. The zero-order chi connectivity index (χ0) is 15.7. The minimum absolute atomic E-state index is 0.00119. The molecule has 1 aliphatic heterocycles. The average molecular weight is 425 g/mol. The Kier molecular flexibility index (Phi) is 4.66. The molecule has 114 valence electrons. The van der Waals surface area contributed by atoms with E-state index < -0.39 is 0 Å². The van der Waals surface area contributed by atoms with Crippen LogP contribution >= 0.6 is 31.9 Å². The maximum atomic E-state index is 12.1. The number of carbonyl (C=O) groups is 1. The fourth-order valence-corrected chi connectivity index (χ4v) is 3.23. The smallest absolute Gasteiger partial charge is 0.248 e. The van der Waals surface area contributed by atoms with E-state index in [2.05, 4.69) is 31.9 Å². The van der Waals surface area contributed by atoms with Crippen LogP contribution in [0.15, 0.2) is 57.5 Å². The second kappa shape index (κ2) is 6.52. The molecule has 0 saturated carbocycles. The third-order valence-electron chi connectivity index (χ3n) is 3.89. The molecule has 22 heavy (non-hydrogen) atoms. The predicted molar refractivity (Wildman–Crippen MR) is 92.5 cm³/mol. The van der Waals surface area contributed by atoms with Gasteiger partial charge in [-0.05, 0) is 35.4 Å². The first-order valence-corrected chi connectivity index (χ1v) is 8.53. The van der Waals surface area contributed by atoms with Gasteiger partial charge in [-0.25, -0.2) is 0 Å². The van der Waals surface area contributed by atoms with E-state index in [9.17, 15) is 4.79 Å². The van der Waals surface area contributed by atoms with Crippen molar-refractivity contribution in [3.63, 3.8) is 0 Å². The fourth-order valence-electron chi connectivity index (χ4n) is 2.70. The minimum Gasteiger partial charge on any atom is -0.361 e. The normalized spacial score (nSPS) is 22.0. The zero-order valence-electron chi connectivity index (χ0n) is 12.0. The van der Waals surface area contributed by atoms with E-state index in [0.29, 0.717) is 0 Å². The van der Waals surface area contributed by atoms with Gasteiger partial charge in [0.2, 0.25) is 5.91 Å². The van der Waals surface area contributed by atoms with Crippen molar-refractivity contribution in [2.45, 2.75) is 12.1 Å². The number of halogens is 2. The second-order valence-corrected chi connectivity index (χ2v) is 7.12. The first-order chi connectivity index (χ1) is 10.6. The molecule has 1 unspecified atom stereocenters. The predicted octanol–water partition coefficient (Wildman–Crippen LogP) is 4.48. The largest absolute Gasteiger partial charge is 0.361 e. The zero-order valence-corrected chi connectivity index (χ0v) is 15.2. The summed E-state index contributed by atoms with van der Waals surface area (Å²) in [6.07, 6.45) is -0.169. The Morgan fingerprint density at radius 1 is 0.955 bits per heavy atom. The van der Waals surface area contributed by atoms with Crippen LogP contribution in [-0.4, -0.2) is 24.5 Å². The molecule has 2 aromatic carbocycles. The number of ether oxygens (including phenoxy) is 1. The molecular formula is C17H15Br2NO2. The molecule has 1 saturated heterocycles. The maximum Gasteiger partial charge on any atom is 0.248 e. The van der Waals surface area contributed by atoms with E-state index in [1.807, 2.05) is 55.6 Å². The van der Waals surface area contributed by atoms with Gasteiger partial charge in [0.1, 0.15) is 12.7 Å². The van der Waals surface area contributed by atoms with Crippen LogP contribution in [0.5, 0.6) is 0 Å². The monoisotopic (exact) mass is 423 g/mol. The molecule has 0 bridgehead atoms. The summed E-state index contributed by atoms with van der Waals surface area (Å²) >= 11 is 6.90. The lowest BCUT2D eigenvalue weighted by Gasteiger charge is -2.39. The van der Waals surface area contributed by atoms with E-state index in [-0.39, 0.29) is 24.7 Å². The molecule has 3 nitrogen and oxygen atoms in total. The lowest BCUT2D eigenvalue weighted by molar-refractivity contribution is -0.155. The fraction of sp³-hybridized carbons (Fsp3) is 0.235. The first kappa shape index (κ1) is 15.7. The van der Waals surface area contributed by atoms with Gasteiger partial charge in [-0.3, -0.25) is 4.79 Å². The number of nitrogens with zero attached hydrogens (tertiary/aromatic N) is 1. The third kappa shape index (κ3) is 3.12. The minimum atomic E-state index is -0.169. The maximum absolute atomic E-state index is 12.1. The molecule has 1 aliphatic rings. The van der Waals surface area contributed by atoms with Crippen molar-refractivity contribution in [2.24, 2.45) is 0 Å². The van der Waals surface area contributed by atoms with Crippen molar-refractivity contribution in [3.05, 3.63) is 68.6 Å². The van der Waals surface area contributed by atoms with E-state index in [4.69, 9.17) is 4.74 Å². The number of hydrogen-bond acceptors (Lipinski definition) is 2. The van der Waals surface area contributed by atoms with E-state index in [0.717, 1.165) is 20.1 Å². The van der Waals surface area contributed by atoms with E-state index in [1.165, 1.54) is 0 Å². The van der Waals surface area contributed by atoms with Crippen LogP contribution in [0.4, 0.5) is 0 Å². The summed E-state index contributed by atoms with van der Waals surface area (Å²) in [7, 11) is 1.84. The standard InChI is InChI=1S/C17H15Br2NO2/c1-20-15(21)10-22-17(12-4-8-14(19)9-5-12)16(20)11-2-6-13(18)7-3-11/h2-9,16-17H,10H2,1H3/t16-,17?/m0/s1. The Bertz CT molecular complexity index is 670. The van der Waals surface area contributed by atoms with Gasteiger partial charge in [0.05, 0.1) is 6.04 Å². The molecule has 0 aromatic heterocycles. The van der Waals surface area contributed by atoms with Gasteiger partial charge in [-0.1, -0.05) is 56.1 Å². The SMILES string of the molecule is CN1C(=O)COC(c2ccc(Br)cc2)[C@@H]1c1ccc(Br)cc1. The van der Waals surface area contributed by atoms with Crippen LogP contribution in [0.2, 0.25) is 0 Å². The summed E-state index contributed by atoms with van der Waals surface area (Å²) in [6.45, 7) is 0.115. The summed E-state index contributed by atoms with van der Waals surface area (Å²) in [6, 6.07) is 16.0. The number of carbonyl (C=O) groups excluding carboxylic acids is 1. The summed E-state index contributed by atoms with van der Waals surface area (Å²) in [5.41, 5.74) is 2.13. The average Bonchev–Trinajstić information content (AvgIpc) is 2.52. The van der Waals surface area contributed by atoms with Crippen molar-refractivity contribution in [1.29, 1.82) is 0 Å². The summed E-state index contributed by atoms with van der Waals surface area (Å²) in [5, 5.41) is 0. The molecule has 0 aliphatic carbocycles. The molecule has 1 heterocycles. The molecule has 2 atom stereocenters. The highest BCUT2D eigenvalue weighted by molar-refractivity contribution is 9.10. The second-order valence-electron chi connectivity index (χ2n) is 5.28. The van der Waals surface area contributed by atoms with Gasteiger partial charge in [-0.15, -0.1) is 0 Å². The topological polar surface area (TPSA) is 29.5 Å². The Morgan fingerprint density at radius 2 is 1.45 bits per heavy atom. The quantitative estimate of drug-likeness (QED) is 0.711. The number of likely N-dealkylation sites (N-methyl/N-ethyl adjacent to an activating group) is 1. The van der Waals surface area contributed by atoms with Crippen LogP contribution in [0.25, 0.3) is 0 Å².